The zero-order valence-corrected chi connectivity index (χ0v) is 12.7. The molecule has 0 bridgehead atoms. The van der Waals surface area contributed by atoms with E-state index in [1.165, 1.54) is 24.5 Å². The summed E-state index contributed by atoms with van der Waals surface area (Å²) in [7, 11) is 0. The van der Waals surface area contributed by atoms with Crippen LogP contribution >= 0.6 is 0 Å². The van der Waals surface area contributed by atoms with E-state index in [4.69, 9.17) is 4.42 Å². The number of rotatable bonds is 7. The van der Waals surface area contributed by atoms with Gasteiger partial charge in [0.2, 0.25) is 11.8 Å². The highest BCUT2D eigenvalue weighted by Gasteiger charge is 2.10. The number of nitrogens with one attached hydrogen (secondary N) is 3. The lowest BCUT2D eigenvalue weighted by atomic mass is 10.2. The van der Waals surface area contributed by atoms with E-state index in [-0.39, 0.29) is 31.2 Å². The molecule has 0 unspecified atom stereocenters. The minimum absolute atomic E-state index is 0.0971. The van der Waals surface area contributed by atoms with E-state index in [1.54, 1.807) is 18.2 Å². The Morgan fingerprint density at radius 3 is 2.25 bits per heavy atom. The van der Waals surface area contributed by atoms with Gasteiger partial charge in [-0.05, 0) is 29.8 Å². The molecule has 1 aromatic heterocycles. The van der Waals surface area contributed by atoms with Crippen LogP contribution in [0.4, 0.5) is 4.39 Å². The second kappa shape index (κ2) is 8.47. The van der Waals surface area contributed by atoms with E-state index in [9.17, 15) is 18.8 Å². The SMILES string of the molecule is O=C(CNC(=O)CNC(=O)c1ccco1)NCc1ccc(F)cc1. The number of halogens is 1. The Hall–Kier alpha value is -3.16. The Balaban J connectivity index is 1.63. The molecule has 0 aliphatic carbocycles. The van der Waals surface area contributed by atoms with Gasteiger partial charge in [-0.2, -0.15) is 0 Å². The molecular weight excluding hydrogens is 317 g/mol. The van der Waals surface area contributed by atoms with E-state index < -0.39 is 17.7 Å². The number of furan rings is 1. The highest BCUT2D eigenvalue weighted by Crippen LogP contribution is 2.01. The number of carbonyl (C=O) groups excluding carboxylic acids is 3. The van der Waals surface area contributed by atoms with Gasteiger partial charge in [-0.25, -0.2) is 4.39 Å². The summed E-state index contributed by atoms with van der Waals surface area (Å²) in [5.41, 5.74) is 0.738. The van der Waals surface area contributed by atoms with Crippen LogP contribution in [0, 0.1) is 5.82 Å². The molecule has 0 fully saturated rings. The fourth-order valence-corrected chi connectivity index (χ4v) is 1.76. The van der Waals surface area contributed by atoms with E-state index in [0.29, 0.717) is 0 Å². The van der Waals surface area contributed by atoms with Gasteiger partial charge in [-0.15, -0.1) is 0 Å². The smallest absolute Gasteiger partial charge is 0.287 e. The molecule has 3 N–H and O–H groups in total. The maximum Gasteiger partial charge on any atom is 0.287 e. The minimum Gasteiger partial charge on any atom is -0.459 e. The standard InChI is InChI=1S/C16H16FN3O4/c17-12-5-3-11(4-6-12)8-18-14(21)9-19-15(22)10-20-16(23)13-2-1-7-24-13/h1-7H,8-10H2,(H,18,21)(H,19,22)(H,20,23). The van der Waals surface area contributed by atoms with E-state index in [2.05, 4.69) is 16.0 Å². The summed E-state index contributed by atoms with van der Waals surface area (Å²) in [6, 6.07) is 8.73. The quantitative estimate of drug-likeness (QED) is 0.690. The van der Waals surface area contributed by atoms with Crippen LogP contribution in [-0.4, -0.2) is 30.8 Å². The first kappa shape index (κ1) is 17.2. The molecule has 0 atom stereocenters. The van der Waals surface area contributed by atoms with Crippen LogP contribution in [0.3, 0.4) is 0 Å². The zero-order chi connectivity index (χ0) is 17.4. The summed E-state index contributed by atoms with van der Waals surface area (Å²) in [6.45, 7) is -0.272. The summed E-state index contributed by atoms with van der Waals surface area (Å²) >= 11 is 0. The van der Waals surface area contributed by atoms with Crippen molar-refractivity contribution in [2.24, 2.45) is 0 Å². The van der Waals surface area contributed by atoms with Crippen LogP contribution in [0.15, 0.2) is 47.1 Å². The summed E-state index contributed by atoms with van der Waals surface area (Å²) < 4.78 is 17.6. The van der Waals surface area contributed by atoms with Crippen molar-refractivity contribution in [1.29, 1.82) is 0 Å². The summed E-state index contributed by atoms with van der Waals surface area (Å²) in [6.07, 6.45) is 1.35. The molecule has 0 saturated carbocycles. The Labute approximate surface area is 137 Å². The molecule has 0 aliphatic heterocycles. The van der Waals surface area contributed by atoms with E-state index in [1.807, 2.05) is 0 Å². The Bertz CT molecular complexity index is 699. The first-order valence-electron chi connectivity index (χ1n) is 7.14. The molecule has 0 aliphatic rings. The number of hydrogen-bond donors (Lipinski definition) is 3. The van der Waals surface area contributed by atoms with Crippen LogP contribution in [0.1, 0.15) is 16.1 Å². The Morgan fingerprint density at radius 1 is 0.917 bits per heavy atom. The third-order valence-corrected chi connectivity index (χ3v) is 3.00. The molecule has 0 radical (unpaired) electrons. The molecule has 24 heavy (non-hydrogen) atoms. The molecule has 7 nitrogen and oxygen atoms in total. The van der Waals surface area contributed by atoms with Crippen LogP contribution in [-0.2, 0) is 16.1 Å². The number of benzene rings is 1. The molecule has 1 aromatic carbocycles. The summed E-state index contributed by atoms with van der Waals surface area (Å²) in [4.78, 5) is 34.7. The number of carbonyl (C=O) groups is 3. The first-order chi connectivity index (χ1) is 11.5. The lowest BCUT2D eigenvalue weighted by Gasteiger charge is -2.07. The zero-order valence-electron chi connectivity index (χ0n) is 12.7. The fourth-order valence-electron chi connectivity index (χ4n) is 1.76. The van der Waals surface area contributed by atoms with E-state index in [0.717, 1.165) is 5.56 Å². The highest BCUT2D eigenvalue weighted by molar-refractivity contribution is 5.94. The Kier molecular flexibility index (Phi) is 6.07. The second-order valence-electron chi connectivity index (χ2n) is 4.84. The average molecular weight is 333 g/mol. The Morgan fingerprint density at radius 2 is 1.58 bits per heavy atom. The fraction of sp³-hybridized carbons (Fsp3) is 0.188. The molecule has 0 spiro atoms. The van der Waals surface area contributed by atoms with Crippen molar-refractivity contribution in [3.8, 4) is 0 Å². The van der Waals surface area contributed by atoms with Gasteiger partial charge in [0, 0.05) is 6.54 Å². The van der Waals surface area contributed by atoms with Gasteiger partial charge in [-0.1, -0.05) is 12.1 Å². The first-order valence-corrected chi connectivity index (χ1v) is 7.14. The van der Waals surface area contributed by atoms with Gasteiger partial charge in [0.15, 0.2) is 5.76 Å². The van der Waals surface area contributed by atoms with Gasteiger partial charge in [0.1, 0.15) is 5.82 Å². The lowest BCUT2D eigenvalue weighted by molar-refractivity contribution is -0.125. The largest absolute Gasteiger partial charge is 0.459 e. The topological polar surface area (TPSA) is 100 Å². The van der Waals surface area contributed by atoms with Crippen molar-refractivity contribution in [3.63, 3.8) is 0 Å². The number of hydrogen-bond acceptors (Lipinski definition) is 4. The van der Waals surface area contributed by atoms with Crippen molar-refractivity contribution < 1.29 is 23.2 Å². The van der Waals surface area contributed by atoms with Crippen molar-refractivity contribution in [1.82, 2.24) is 16.0 Å². The maximum atomic E-state index is 12.7. The molecule has 2 rings (SSSR count). The molecule has 2 aromatic rings. The van der Waals surface area contributed by atoms with Crippen molar-refractivity contribution in [2.45, 2.75) is 6.54 Å². The third-order valence-electron chi connectivity index (χ3n) is 3.00. The van der Waals surface area contributed by atoms with Gasteiger partial charge < -0.3 is 20.4 Å². The van der Waals surface area contributed by atoms with Crippen LogP contribution in [0.5, 0.6) is 0 Å². The van der Waals surface area contributed by atoms with E-state index >= 15 is 0 Å². The van der Waals surface area contributed by atoms with Gasteiger partial charge >= 0.3 is 0 Å². The maximum absolute atomic E-state index is 12.7. The molecule has 126 valence electrons. The monoisotopic (exact) mass is 333 g/mol. The second-order valence-corrected chi connectivity index (χ2v) is 4.84. The average Bonchev–Trinajstić information content (AvgIpc) is 3.12. The molecular formula is C16H16FN3O4. The molecule has 1 heterocycles. The summed E-state index contributed by atoms with van der Waals surface area (Å²) in [5, 5.41) is 7.31. The molecule has 0 saturated heterocycles. The van der Waals surface area contributed by atoms with Gasteiger partial charge in [0.25, 0.3) is 5.91 Å². The van der Waals surface area contributed by atoms with Crippen LogP contribution < -0.4 is 16.0 Å². The molecule has 8 heteroatoms. The molecule has 3 amide bonds. The normalized spacial score (nSPS) is 10.0. The predicted octanol–water partition coefficient (Wildman–Crippen LogP) is 0.581. The lowest BCUT2D eigenvalue weighted by Crippen LogP contribution is -2.41. The van der Waals surface area contributed by atoms with Crippen molar-refractivity contribution >= 4 is 17.7 Å². The third kappa shape index (κ3) is 5.56. The number of amides is 3. The van der Waals surface area contributed by atoms with Crippen LogP contribution in [0.25, 0.3) is 0 Å². The van der Waals surface area contributed by atoms with Gasteiger partial charge in [0.05, 0.1) is 19.4 Å². The van der Waals surface area contributed by atoms with Crippen molar-refractivity contribution in [3.05, 3.63) is 59.8 Å². The van der Waals surface area contributed by atoms with Crippen molar-refractivity contribution in [2.75, 3.05) is 13.1 Å². The van der Waals surface area contributed by atoms with Crippen LogP contribution in [0.2, 0.25) is 0 Å². The predicted molar refractivity (Wildman–Crippen MR) is 82.3 cm³/mol. The highest BCUT2D eigenvalue weighted by atomic mass is 19.1. The summed E-state index contributed by atoms with van der Waals surface area (Å²) in [5.74, 6) is -1.68. The minimum atomic E-state index is -0.518. The van der Waals surface area contributed by atoms with Gasteiger partial charge in [-0.3, -0.25) is 14.4 Å².